The van der Waals surface area contributed by atoms with E-state index >= 15 is 0 Å². The van der Waals surface area contributed by atoms with Crippen LogP contribution in [-0.2, 0) is 11.2 Å². The first-order valence-electron chi connectivity index (χ1n) is 9.34. The minimum absolute atomic E-state index is 0.0409. The van der Waals surface area contributed by atoms with Gasteiger partial charge in [-0.3, -0.25) is 14.9 Å². The molecule has 1 heterocycles. The van der Waals surface area contributed by atoms with Crippen LogP contribution in [0.4, 0.5) is 11.4 Å². The van der Waals surface area contributed by atoms with Crippen molar-refractivity contribution in [2.75, 3.05) is 5.32 Å². The normalized spacial score (nSPS) is 11.1. The third-order valence-electron chi connectivity index (χ3n) is 4.49. The standard InChI is InChI=1S/C23H16ClN3O4/c24-18-9-6-16(12-20(18)27(29)30)7-11-22(28)25-17-8-10-21-19(14-17)26-23(31-21)13-15-4-2-1-3-5-15/h1-12,14H,13H2,(H,25,28)/b11-7+. The van der Waals surface area contributed by atoms with E-state index in [-0.39, 0.29) is 16.6 Å². The Kier molecular flexibility index (Phi) is 5.77. The topological polar surface area (TPSA) is 98.3 Å². The number of carbonyl (C=O) groups excluding carboxylic acids is 1. The number of nitro benzene ring substituents is 1. The van der Waals surface area contributed by atoms with Gasteiger partial charge >= 0.3 is 0 Å². The number of anilines is 1. The average molecular weight is 434 g/mol. The Morgan fingerprint density at radius 1 is 1.13 bits per heavy atom. The van der Waals surface area contributed by atoms with E-state index in [0.717, 1.165) is 5.56 Å². The van der Waals surface area contributed by atoms with Gasteiger partial charge in [0.2, 0.25) is 5.91 Å². The highest BCUT2D eigenvalue weighted by molar-refractivity contribution is 6.32. The number of amides is 1. The summed E-state index contributed by atoms with van der Waals surface area (Å²) in [6, 6.07) is 19.4. The Balaban J connectivity index is 1.45. The lowest BCUT2D eigenvalue weighted by Crippen LogP contribution is -2.07. The quantitative estimate of drug-likeness (QED) is 0.241. The number of benzene rings is 3. The molecule has 4 rings (SSSR count). The van der Waals surface area contributed by atoms with Crippen LogP contribution in [0.1, 0.15) is 17.0 Å². The molecule has 0 aliphatic carbocycles. The molecule has 1 amide bonds. The first kappa shape index (κ1) is 20.3. The number of halogens is 1. The van der Waals surface area contributed by atoms with Gasteiger partial charge in [0.25, 0.3) is 5.69 Å². The SMILES string of the molecule is O=C(/C=C/c1ccc(Cl)c([N+](=O)[O-])c1)Nc1ccc2oc(Cc3ccccc3)nc2c1. The molecule has 8 heteroatoms. The highest BCUT2D eigenvalue weighted by Gasteiger charge is 2.12. The molecule has 0 aliphatic heterocycles. The second-order valence-electron chi connectivity index (χ2n) is 6.74. The Bertz CT molecular complexity index is 1300. The first-order valence-corrected chi connectivity index (χ1v) is 9.72. The molecule has 0 radical (unpaired) electrons. The van der Waals surface area contributed by atoms with Gasteiger partial charge < -0.3 is 9.73 Å². The Morgan fingerprint density at radius 3 is 2.71 bits per heavy atom. The predicted molar refractivity (Wildman–Crippen MR) is 119 cm³/mol. The van der Waals surface area contributed by atoms with E-state index in [4.69, 9.17) is 16.0 Å². The lowest BCUT2D eigenvalue weighted by atomic mass is 10.1. The molecular weight excluding hydrogens is 418 g/mol. The molecule has 7 nitrogen and oxygen atoms in total. The molecule has 0 unspecified atom stereocenters. The van der Waals surface area contributed by atoms with Gasteiger partial charge in [-0.05, 0) is 41.5 Å². The average Bonchev–Trinajstić information content (AvgIpc) is 3.15. The van der Waals surface area contributed by atoms with Gasteiger partial charge in [-0.25, -0.2) is 4.98 Å². The van der Waals surface area contributed by atoms with Crippen molar-refractivity contribution in [3.63, 3.8) is 0 Å². The molecule has 1 aromatic heterocycles. The minimum atomic E-state index is -0.571. The van der Waals surface area contributed by atoms with Crippen molar-refractivity contribution in [3.8, 4) is 0 Å². The van der Waals surface area contributed by atoms with E-state index in [9.17, 15) is 14.9 Å². The van der Waals surface area contributed by atoms with E-state index in [2.05, 4.69) is 10.3 Å². The third kappa shape index (κ3) is 4.96. The van der Waals surface area contributed by atoms with Crippen LogP contribution < -0.4 is 5.32 Å². The fourth-order valence-electron chi connectivity index (χ4n) is 3.03. The molecule has 0 fully saturated rings. The maximum Gasteiger partial charge on any atom is 0.288 e. The van der Waals surface area contributed by atoms with E-state index in [0.29, 0.717) is 34.7 Å². The number of nitrogens with one attached hydrogen (secondary N) is 1. The summed E-state index contributed by atoms with van der Waals surface area (Å²) in [6.45, 7) is 0. The van der Waals surface area contributed by atoms with Crippen molar-refractivity contribution in [2.45, 2.75) is 6.42 Å². The summed E-state index contributed by atoms with van der Waals surface area (Å²) in [5.41, 5.74) is 3.20. The number of hydrogen-bond donors (Lipinski definition) is 1. The van der Waals surface area contributed by atoms with E-state index < -0.39 is 4.92 Å². The van der Waals surface area contributed by atoms with Crippen molar-refractivity contribution < 1.29 is 14.1 Å². The van der Waals surface area contributed by atoms with Crippen molar-refractivity contribution in [2.24, 2.45) is 0 Å². The predicted octanol–water partition coefficient (Wildman–Crippen LogP) is 5.63. The van der Waals surface area contributed by atoms with Crippen LogP contribution in [-0.4, -0.2) is 15.8 Å². The maximum atomic E-state index is 12.3. The van der Waals surface area contributed by atoms with Crippen molar-refractivity contribution in [1.29, 1.82) is 0 Å². The third-order valence-corrected chi connectivity index (χ3v) is 4.81. The second kappa shape index (κ2) is 8.81. The zero-order valence-electron chi connectivity index (χ0n) is 16.1. The highest BCUT2D eigenvalue weighted by atomic mass is 35.5. The van der Waals surface area contributed by atoms with Gasteiger partial charge in [-0.1, -0.05) is 48.0 Å². The van der Waals surface area contributed by atoms with Gasteiger partial charge in [0.05, 0.1) is 4.92 Å². The van der Waals surface area contributed by atoms with Crippen molar-refractivity contribution in [1.82, 2.24) is 4.98 Å². The van der Waals surface area contributed by atoms with Crippen LogP contribution in [0.5, 0.6) is 0 Å². The summed E-state index contributed by atoms with van der Waals surface area (Å²) in [4.78, 5) is 27.1. The molecule has 4 aromatic rings. The zero-order chi connectivity index (χ0) is 21.8. The Hall–Kier alpha value is -3.97. The molecule has 0 spiro atoms. The molecular formula is C23H16ClN3O4. The van der Waals surface area contributed by atoms with Gasteiger partial charge in [0.1, 0.15) is 10.5 Å². The molecule has 0 atom stereocenters. The van der Waals surface area contributed by atoms with Gasteiger partial charge in [0, 0.05) is 24.3 Å². The van der Waals surface area contributed by atoms with E-state index in [1.54, 1.807) is 24.3 Å². The van der Waals surface area contributed by atoms with Crippen LogP contribution in [0.2, 0.25) is 5.02 Å². The Morgan fingerprint density at radius 2 is 1.94 bits per heavy atom. The molecule has 31 heavy (non-hydrogen) atoms. The molecule has 1 N–H and O–H groups in total. The molecule has 0 aliphatic rings. The summed E-state index contributed by atoms with van der Waals surface area (Å²) < 4.78 is 5.77. The fourth-order valence-corrected chi connectivity index (χ4v) is 3.21. The number of rotatable bonds is 6. The molecule has 0 saturated heterocycles. The summed E-state index contributed by atoms with van der Waals surface area (Å²) >= 11 is 5.80. The Labute approximate surface area is 182 Å². The molecule has 3 aromatic carbocycles. The minimum Gasteiger partial charge on any atom is -0.440 e. The lowest BCUT2D eigenvalue weighted by molar-refractivity contribution is -0.384. The van der Waals surface area contributed by atoms with Crippen LogP contribution in [0.3, 0.4) is 0 Å². The molecule has 0 bridgehead atoms. The van der Waals surface area contributed by atoms with E-state index in [1.807, 2.05) is 30.3 Å². The number of fused-ring (bicyclic) bond motifs is 1. The van der Waals surface area contributed by atoms with Crippen molar-refractivity contribution in [3.05, 3.63) is 105 Å². The smallest absolute Gasteiger partial charge is 0.288 e. The van der Waals surface area contributed by atoms with Gasteiger partial charge in [0.15, 0.2) is 11.5 Å². The number of carbonyl (C=O) groups is 1. The first-order chi connectivity index (χ1) is 15.0. The summed E-state index contributed by atoms with van der Waals surface area (Å²) in [6.07, 6.45) is 3.35. The zero-order valence-corrected chi connectivity index (χ0v) is 16.9. The van der Waals surface area contributed by atoms with Gasteiger partial charge in [-0.2, -0.15) is 0 Å². The second-order valence-corrected chi connectivity index (χ2v) is 7.15. The number of nitro groups is 1. The lowest BCUT2D eigenvalue weighted by Gasteiger charge is -2.01. The monoisotopic (exact) mass is 433 g/mol. The van der Waals surface area contributed by atoms with Crippen LogP contribution in [0.25, 0.3) is 17.2 Å². The van der Waals surface area contributed by atoms with E-state index in [1.165, 1.54) is 24.3 Å². The molecule has 154 valence electrons. The number of oxazole rings is 1. The maximum absolute atomic E-state index is 12.3. The molecule has 0 saturated carbocycles. The van der Waals surface area contributed by atoms with Crippen LogP contribution >= 0.6 is 11.6 Å². The van der Waals surface area contributed by atoms with Crippen molar-refractivity contribution >= 4 is 46.1 Å². The summed E-state index contributed by atoms with van der Waals surface area (Å²) in [7, 11) is 0. The summed E-state index contributed by atoms with van der Waals surface area (Å²) in [5, 5.41) is 13.8. The number of nitrogens with zero attached hydrogens (tertiary/aromatic N) is 2. The van der Waals surface area contributed by atoms with Gasteiger partial charge in [-0.15, -0.1) is 0 Å². The van der Waals surface area contributed by atoms with Crippen LogP contribution in [0, 0.1) is 10.1 Å². The largest absolute Gasteiger partial charge is 0.440 e. The fraction of sp³-hybridized carbons (Fsp3) is 0.0435. The summed E-state index contributed by atoms with van der Waals surface area (Å²) in [5.74, 6) is 0.207. The number of hydrogen-bond acceptors (Lipinski definition) is 5. The number of aromatic nitrogens is 1. The highest BCUT2D eigenvalue weighted by Crippen LogP contribution is 2.26. The van der Waals surface area contributed by atoms with Crippen LogP contribution in [0.15, 0.2) is 77.2 Å².